The summed E-state index contributed by atoms with van der Waals surface area (Å²) in [7, 11) is 0. The minimum absolute atomic E-state index is 0.203. The van der Waals surface area contributed by atoms with Gasteiger partial charge in [-0.1, -0.05) is 11.6 Å². The molecule has 0 unspecified atom stereocenters. The highest BCUT2D eigenvalue weighted by Gasteiger charge is 2.10. The van der Waals surface area contributed by atoms with Gasteiger partial charge in [-0.25, -0.2) is 0 Å². The minimum Gasteiger partial charge on any atom is -0.396 e. The van der Waals surface area contributed by atoms with Crippen LogP contribution in [0.25, 0.3) is 0 Å². The molecular weight excluding hydrogens is 202 g/mol. The molecule has 0 radical (unpaired) electrons. The molecule has 74 valence electrons. The van der Waals surface area contributed by atoms with Crippen LogP contribution in [0.1, 0.15) is 17.2 Å². The summed E-state index contributed by atoms with van der Waals surface area (Å²) < 4.78 is 0. The van der Waals surface area contributed by atoms with Crippen LogP contribution in [-0.2, 0) is 0 Å². The molecule has 0 bridgehead atoms. The molecule has 0 aliphatic rings. The van der Waals surface area contributed by atoms with Crippen LogP contribution in [-0.4, -0.2) is 11.7 Å². The number of nitrogens with two attached hydrogens (primary N) is 2. The maximum absolute atomic E-state index is 8.83. The first-order valence-corrected chi connectivity index (χ1v) is 4.33. The third-order valence-electron chi connectivity index (χ3n) is 1.90. The quantitative estimate of drug-likeness (QED) is 0.630. The highest BCUT2D eigenvalue weighted by Crippen LogP contribution is 2.26. The fourth-order valence-corrected chi connectivity index (χ4v) is 1.28. The van der Waals surface area contributed by atoms with Crippen molar-refractivity contribution in [2.24, 2.45) is 5.73 Å². The Morgan fingerprint density at radius 3 is 2.71 bits per heavy atom. The Labute approximate surface area is 86.7 Å². The van der Waals surface area contributed by atoms with Gasteiger partial charge in [-0.2, -0.15) is 5.26 Å². The van der Waals surface area contributed by atoms with E-state index in [9.17, 15) is 0 Å². The Morgan fingerprint density at radius 2 is 2.21 bits per heavy atom. The fourth-order valence-electron chi connectivity index (χ4n) is 1.05. The van der Waals surface area contributed by atoms with E-state index >= 15 is 0 Å². The van der Waals surface area contributed by atoms with Gasteiger partial charge in [-0.05, 0) is 17.7 Å². The first kappa shape index (κ1) is 10.8. The zero-order valence-corrected chi connectivity index (χ0v) is 8.12. The molecule has 14 heavy (non-hydrogen) atoms. The Kier molecular flexibility index (Phi) is 3.31. The van der Waals surface area contributed by atoms with Gasteiger partial charge < -0.3 is 16.6 Å². The maximum atomic E-state index is 8.83. The van der Waals surface area contributed by atoms with E-state index in [1.165, 1.54) is 6.07 Å². The van der Waals surface area contributed by atoms with Gasteiger partial charge in [0.15, 0.2) is 0 Å². The molecule has 0 saturated carbocycles. The van der Waals surface area contributed by atoms with Gasteiger partial charge in [-0.15, -0.1) is 0 Å². The summed E-state index contributed by atoms with van der Waals surface area (Å²) >= 11 is 5.79. The summed E-state index contributed by atoms with van der Waals surface area (Å²) in [6, 6.07) is 4.45. The van der Waals surface area contributed by atoms with Crippen LogP contribution < -0.4 is 11.5 Å². The minimum atomic E-state index is -0.541. The van der Waals surface area contributed by atoms with Gasteiger partial charge in [0.05, 0.1) is 28.9 Å². The number of nitrogens with zero attached hydrogens (tertiary/aromatic N) is 1. The van der Waals surface area contributed by atoms with Gasteiger partial charge >= 0.3 is 0 Å². The van der Waals surface area contributed by atoms with Crippen molar-refractivity contribution in [1.82, 2.24) is 0 Å². The number of hydrogen-bond donors (Lipinski definition) is 3. The number of aliphatic hydroxyl groups excluding tert-OH is 1. The van der Waals surface area contributed by atoms with Crippen LogP contribution in [0.5, 0.6) is 0 Å². The number of benzene rings is 1. The molecule has 0 amide bonds. The van der Waals surface area contributed by atoms with Crippen LogP contribution >= 0.6 is 11.6 Å². The number of aliphatic hydroxyl groups is 1. The molecular formula is C9H10ClN3O. The van der Waals surface area contributed by atoms with Crippen molar-refractivity contribution in [1.29, 1.82) is 5.26 Å². The molecule has 0 aromatic heterocycles. The van der Waals surface area contributed by atoms with Crippen LogP contribution in [0.2, 0.25) is 5.02 Å². The first-order chi connectivity index (χ1) is 6.60. The van der Waals surface area contributed by atoms with Gasteiger partial charge in [-0.3, -0.25) is 0 Å². The lowest BCUT2D eigenvalue weighted by Gasteiger charge is -2.10. The van der Waals surface area contributed by atoms with Gasteiger partial charge in [0.1, 0.15) is 6.07 Å². The number of nitrogen functional groups attached to an aromatic ring is 1. The first-order valence-electron chi connectivity index (χ1n) is 3.95. The van der Waals surface area contributed by atoms with Gasteiger partial charge in [0.2, 0.25) is 0 Å². The maximum Gasteiger partial charge on any atom is 0.101 e. The molecule has 5 heteroatoms. The predicted octanol–water partition coefficient (Wildman–Crippen LogP) is 0.786. The summed E-state index contributed by atoms with van der Waals surface area (Å²) in [6.45, 7) is -0.203. The molecule has 0 saturated heterocycles. The molecule has 5 N–H and O–H groups in total. The highest BCUT2D eigenvalue weighted by molar-refractivity contribution is 6.33. The summed E-state index contributed by atoms with van der Waals surface area (Å²) in [5.74, 6) is 0. The second kappa shape index (κ2) is 4.29. The van der Waals surface area contributed by atoms with E-state index in [1.54, 1.807) is 6.07 Å². The van der Waals surface area contributed by atoms with E-state index in [0.29, 0.717) is 5.56 Å². The van der Waals surface area contributed by atoms with Crippen LogP contribution in [0.4, 0.5) is 5.69 Å². The van der Waals surface area contributed by atoms with E-state index in [4.69, 9.17) is 33.4 Å². The Balaban J connectivity index is 3.24. The summed E-state index contributed by atoms with van der Waals surface area (Å²) in [5, 5.41) is 17.8. The lowest BCUT2D eigenvalue weighted by Crippen LogP contribution is -2.14. The van der Waals surface area contributed by atoms with Crippen LogP contribution in [0.15, 0.2) is 12.1 Å². The topological polar surface area (TPSA) is 96.1 Å². The largest absolute Gasteiger partial charge is 0.396 e. The molecule has 1 rings (SSSR count). The predicted molar refractivity (Wildman–Crippen MR) is 54.6 cm³/mol. The third kappa shape index (κ3) is 1.96. The molecule has 0 aliphatic carbocycles. The number of anilines is 1. The van der Waals surface area contributed by atoms with Crippen molar-refractivity contribution in [3.63, 3.8) is 0 Å². The van der Waals surface area contributed by atoms with Crippen molar-refractivity contribution in [2.45, 2.75) is 6.04 Å². The zero-order chi connectivity index (χ0) is 10.7. The molecule has 0 fully saturated rings. The van der Waals surface area contributed by atoms with Gasteiger partial charge in [0, 0.05) is 0 Å². The summed E-state index contributed by atoms with van der Waals surface area (Å²) in [6.07, 6.45) is 0. The molecule has 4 nitrogen and oxygen atoms in total. The van der Waals surface area contributed by atoms with Crippen molar-refractivity contribution < 1.29 is 5.11 Å². The molecule has 1 aromatic rings. The summed E-state index contributed by atoms with van der Waals surface area (Å²) in [5.41, 5.74) is 12.2. The van der Waals surface area contributed by atoms with Crippen molar-refractivity contribution in [3.8, 4) is 6.07 Å². The number of rotatable bonds is 2. The number of halogens is 1. The lowest BCUT2D eigenvalue weighted by molar-refractivity contribution is 0.268. The van der Waals surface area contributed by atoms with Crippen molar-refractivity contribution >= 4 is 17.3 Å². The lowest BCUT2D eigenvalue weighted by atomic mass is 10.0. The average molecular weight is 212 g/mol. The standard InChI is InChI=1S/C9H10ClN3O/c10-7-2-5(8(12)4-14)1-6(3-11)9(7)13/h1-2,8,14H,4,12-13H2/t8-/m1/s1. The van der Waals surface area contributed by atoms with E-state index in [-0.39, 0.29) is 22.9 Å². The Morgan fingerprint density at radius 1 is 1.57 bits per heavy atom. The van der Waals surface area contributed by atoms with E-state index < -0.39 is 6.04 Å². The van der Waals surface area contributed by atoms with Crippen molar-refractivity contribution in [2.75, 3.05) is 12.3 Å². The molecule has 0 aliphatic heterocycles. The van der Waals surface area contributed by atoms with Crippen LogP contribution in [0.3, 0.4) is 0 Å². The SMILES string of the molecule is N#Cc1cc([C@H](N)CO)cc(Cl)c1N. The van der Waals surface area contributed by atoms with E-state index in [1.807, 2.05) is 6.07 Å². The highest BCUT2D eigenvalue weighted by atomic mass is 35.5. The number of hydrogen-bond acceptors (Lipinski definition) is 4. The smallest absolute Gasteiger partial charge is 0.101 e. The Hall–Kier alpha value is -1.28. The molecule has 0 heterocycles. The van der Waals surface area contributed by atoms with E-state index in [0.717, 1.165) is 0 Å². The second-order valence-corrected chi connectivity index (χ2v) is 3.27. The van der Waals surface area contributed by atoms with Gasteiger partial charge in [0.25, 0.3) is 0 Å². The molecule has 0 spiro atoms. The van der Waals surface area contributed by atoms with Crippen molar-refractivity contribution in [3.05, 3.63) is 28.3 Å². The zero-order valence-electron chi connectivity index (χ0n) is 7.37. The van der Waals surface area contributed by atoms with Crippen LogP contribution in [0, 0.1) is 11.3 Å². The molecule has 1 atom stereocenters. The summed E-state index contributed by atoms with van der Waals surface area (Å²) in [4.78, 5) is 0. The monoisotopic (exact) mass is 211 g/mol. The normalized spacial score (nSPS) is 12.1. The number of nitriles is 1. The van der Waals surface area contributed by atoms with E-state index in [2.05, 4.69) is 0 Å². The third-order valence-corrected chi connectivity index (χ3v) is 2.21. The fraction of sp³-hybridized carbons (Fsp3) is 0.222. The average Bonchev–Trinajstić information content (AvgIpc) is 2.20. The molecule has 1 aromatic carbocycles. The second-order valence-electron chi connectivity index (χ2n) is 2.86. The Bertz CT molecular complexity index is 386.